The van der Waals surface area contributed by atoms with E-state index in [1.807, 2.05) is 25.7 Å². The quantitative estimate of drug-likeness (QED) is 0.805. The molecule has 22 heavy (non-hydrogen) atoms. The Morgan fingerprint density at radius 3 is 2.50 bits per heavy atom. The van der Waals surface area contributed by atoms with Crippen molar-refractivity contribution in [2.24, 2.45) is 0 Å². The molecule has 1 amide bonds. The fourth-order valence-electron chi connectivity index (χ4n) is 3.42. The Balaban J connectivity index is 1.95. The van der Waals surface area contributed by atoms with Gasteiger partial charge >= 0.3 is 12.1 Å². The van der Waals surface area contributed by atoms with Crippen LogP contribution in [0.4, 0.5) is 4.79 Å². The summed E-state index contributed by atoms with van der Waals surface area (Å²) in [5.74, 6) is -0.244. The molecule has 126 valence electrons. The molecule has 2 aliphatic heterocycles. The molecular formula is C16H28N2O4. The number of carbonyl (C=O) groups is 2. The maximum absolute atomic E-state index is 12.4. The van der Waals surface area contributed by atoms with Gasteiger partial charge in [0.25, 0.3) is 0 Å². The zero-order valence-corrected chi connectivity index (χ0v) is 14.1. The Labute approximate surface area is 132 Å². The summed E-state index contributed by atoms with van der Waals surface area (Å²) in [5, 5.41) is 3.26. The van der Waals surface area contributed by atoms with Gasteiger partial charge in [0.15, 0.2) is 0 Å². The van der Waals surface area contributed by atoms with E-state index < -0.39 is 5.60 Å². The maximum atomic E-state index is 12.4. The van der Waals surface area contributed by atoms with Gasteiger partial charge in [0.05, 0.1) is 19.2 Å². The predicted octanol–water partition coefficient (Wildman–Crippen LogP) is 2.07. The second kappa shape index (κ2) is 6.86. The number of esters is 1. The Kier molecular flexibility index (Phi) is 5.32. The highest BCUT2D eigenvalue weighted by Crippen LogP contribution is 2.36. The summed E-state index contributed by atoms with van der Waals surface area (Å²) < 4.78 is 10.5. The van der Waals surface area contributed by atoms with Crippen molar-refractivity contribution in [1.29, 1.82) is 0 Å². The Bertz CT molecular complexity index is 419. The summed E-state index contributed by atoms with van der Waals surface area (Å²) >= 11 is 0. The number of rotatable bonds is 4. The molecule has 2 rings (SSSR count). The molecule has 3 unspecified atom stereocenters. The maximum Gasteiger partial charge on any atom is 0.410 e. The van der Waals surface area contributed by atoms with E-state index in [4.69, 9.17) is 9.47 Å². The monoisotopic (exact) mass is 312 g/mol. The molecular weight excluding hydrogens is 284 g/mol. The number of fused-ring (bicyclic) bond motifs is 2. The minimum atomic E-state index is -0.484. The SMILES string of the molecule is CCOC(=O)CNC1CCC2CCC1N2C(=O)OC(C)(C)C. The first kappa shape index (κ1) is 17.1. The molecule has 0 saturated carbocycles. The Hall–Kier alpha value is -1.30. The Morgan fingerprint density at radius 1 is 1.18 bits per heavy atom. The highest BCUT2D eigenvalue weighted by Gasteiger charge is 2.46. The minimum Gasteiger partial charge on any atom is -0.465 e. The second-order valence-electron chi connectivity index (χ2n) is 7.06. The fourth-order valence-corrected chi connectivity index (χ4v) is 3.42. The smallest absolute Gasteiger partial charge is 0.410 e. The molecule has 2 aliphatic rings. The van der Waals surface area contributed by atoms with Crippen molar-refractivity contribution >= 4 is 12.1 Å². The van der Waals surface area contributed by atoms with Crippen LogP contribution in [0.25, 0.3) is 0 Å². The van der Waals surface area contributed by atoms with Crippen molar-refractivity contribution in [2.45, 2.75) is 77.1 Å². The first-order valence-electron chi connectivity index (χ1n) is 8.22. The van der Waals surface area contributed by atoms with Crippen LogP contribution >= 0.6 is 0 Å². The number of hydrogen-bond acceptors (Lipinski definition) is 5. The molecule has 6 nitrogen and oxygen atoms in total. The Morgan fingerprint density at radius 2 is 1.86 bits per heavy atom. The molecule has 0 radical (unpaired) electrons. The van der Waals surface area contributed by atoms with E-state index in [1.54, 1.807) is 6.92 Å². The van der Waals surface area contributed by atoms with Gasteiger partial charge < -0.3 is 19.7 Å². The van der Waals surface area contributed by atoms with Crippen molar-refractivity contribution in [3.8, 4) is 0 Å². The third-order valence-electron chi connectivity index (χ3n) is 4.24. The number of carbonyl (C=O) groups excluding carboxylic acids is 2. The van der Waals surface area contributed by atoms with Gasteiger partial charge in [-0.2, -0.15) is 0 Å². The van der Waals surface area contributed by atoms with Crippen LogP contribution < -0.4 is 5.32 Å². The third-order valence-corrected chi connectivity index (χ3v) is 4.24. The van der Waals surface area contributed by atoms with Crippen LogP contribution in [0.1, 0.15) is 53.4 Å². The first-order valence-corrected chi connectivity index (χ1v) is 8.22. The number of hydrogen-bond donors (Lipinski definition) is 1. The molecule has 2 saturated heterocycles. The third kappa shape index (κ3) is 4.12. The number of piperidine rings is 1. The lowest BCUT2D eigenvalue weighted by Crippen LogP contribution is -2.56. The van der Waals surface area contributed by atoms with E-state index in [0.717, 1.165) is 25.7 Å². The van der Waals surface area contributed by atoms with Crippen LogP contribution in [0.5, 0.6) is 0 Å². The molecule has 3 atom stereocenters. The summed E-state index contributed by atoms with van der Waals surface area (Å²) in [7, 11) is 0. The molecule has 0 aromatic heterocycles. The van der Waals surface area contributed by atoms with Gasteiger partial charge in [-0.05, 0) is 53.4 Å². The van der Waals surface area contributed by atoms with Gasteiger partial charge in [-0.15, -0.1) is 0 Å². The van der Waals surface area contributed by atoms with Crippen molar-refractivity contribution in [3.05, 3.63) is 0 Å². The van der Waals surface area contributed by atoms with E-state index >= 15 is 0 Å². The fraction of sp³-hybridized carbons (Fsp3) is 0.875. The molecule has 0 aromatic carbocycles. The average Bonchev–Trinajstić information content (AvgIpc) is 2.72. The van der Waals surface area contributed by atoms with Crippen LogP contribution in [0.15, 0.2) is 0 Å². The van der Waals surface area contributed by atoms with Crippen molar-refractivity contribution in [3.63, 3.8) is 0 Å². The number of amides is 1. The standard InChI is InChI=1S/C16H28N2O4/c1-5-21-14(19)10-17-12-8-6-11-7-9-13(12)18(11)15(20)22-16(2,3)4/h11-13,17H,5-10H2,1-4H3. The van der Waals surface area contributed by atoms with Gasteiger partial charge in [0, 0.05) is 12.1 Å². The van der Waals surface area contributed by atoms with Crippen LogP contribution in [0, 0.1) is 0 Å². The van der Waals surface area contributed by atoms with E-state index in [-0.39, 0.29) is 36.7 Å². The summed E-state index contributed by atoms with van der Waals surface area (Å²) in [6.07, 6.45) is 3.68. The molecule has 2 heterocycles. The summed E-state index contributed by atoms with van der Waals surface area (Å²) in [6, 6.07) is 0.527. The van der Waals surface area contributed by atoms with Gasteiger partial charge in [0.1, 0.15) is 5.60 Å². The van der Waals surface area contributed by atoms with Crippen LogP contribution in [0.2, 0.25) is 0 Å². The second-order valence-corrected chi connectivity index (χ2v) is 7.06. The molecule has 0 spiro atoms. The lowest BCUT2D eigenvalue weighted by atomic mass is 9.97. The molecule has 1 N–H and O–H groups in total. The van der Waals surface area contributed by atoms with E-state index in [1.165, 1.54) is 0 Å². The zero-order valence-electron chi connectivity index (χ0n) is 14.1. The lowest BCUT2D eigenvalue weighted by Gasteiger charge is -2.40. The molecule has 6 heteroatoms. The predicted molar refractivity (Wildman–Crippen MR) is 82.5 cm³/mol. The van der Waals surface area contributed by atoms with E-state index in [9.17, 15) is 9.59 Å². The number of nitrogens with zero attached hydrogens (tertiary/aromatic N) is 1. The zero-order chi connectivity index (χ0) is 16.3. The van der Waals surface area contributed by atoms with E-state index in [2.05, 4.69) is 5.32 Å². The summed E-state index contributed by atoms with van der Waals surface area (Å²) in [4.78, 5) is 25.8. The van der Waals surface area contributed by atoms with E-state index in [0.29, 0.717) is 6.61 Å². The van der Waals surface area contributed by atoms with Crippen molar-refractivity contribution < 1.29 is 19.1 Å². The molecule has 2 bridgehead atoms. The number of ether oxygens (including phenoxy) is 2. The number of nitrogens with one attached hydrogen (secondary N) is 1. The molecule has 0 aliphatic carbocycles. The average molecular weight is 312 g/mol. The van der Waals surface area contributed by atoms with Crippen molar-refractivity contribution in [1.82, 2.24) is 10.2 Å². The summed E-state index contributed by atoms with van der Waals surface area (Å²) in [6.45, 7) is 8.03. The van der Waals surface area contributed by atoms with Crippen LogP contribution in [-0.2, 0) is 14.3 Å². The normalized spacial score (nSPS) is 27.6. The van der Waals surface area contributed by atoms with Gasteiger partial charge in [0.2, 0.25) is 0 Å². The lowest BCUT2D eigenvalue weighted by molar-refractivity contribution is -0.142. The topological polar surface area (TPSA) is 67.9 Å². The van der Waals surface area contributed by atoms with Crippen LogP contribution in [0.3, 0.4) is 0 Å². The largest absolute Gasteiger partial charge is 0.465 e. The van der Waals surface area contributed by atoms with Gasteiger partial charge in [-0.25, -0.2) is 4.79 Å². The van der Waals surface area contributed by atoms with Gasteiger partial charge in [-0.3, -0.25) is 4.79 Å². The van der Waals surface area contributed by atoms with Gasteiger partial charge in [-0.1, -0.05) is 0 Å². The van der Waals surface area contributed by atoms with Crippen LogP contribution in [-0.4, -0.2) is 53.8 Å². The minimum absolute atomic E-state index is 0.114. The molecule has 0 aromatic rings. The molecule has 2 fully saturated rings. The summed E-state index contributed by atoms with van der Waals surface area (Å²) in [5.41, 5.74) is -0.484. The first-order chi connectivity index (χ1) is 10.3. The highest BCUT2D eigenvalue weighted by molar-refractivity contribution is 5.72. The van der Waals surface area contributed by atoms with Crippen molar-refractivity contribution in [2.75, 3.05) is 13.2 Å². The highest BCUT2D eigenvalue weighted by atomic mass is 16.6.